The lowest BCUT2D eigenvalue weighted by Crippen LogP contribution is -2.44. The summed E-state index contributed by atoms with van der Waals surface area (Å²) in [5, 5.41) is 6.58. The van der Waals surface area contributed by atoms with Gasteiger partial charge in [-0.2, -0.15) is 5.10 Å². The Balaban J connectivity index is 0.922. The number of aryl methyl sites for hydroxylation is 2. The van der Waals surface area contributed by atoms with Crippen molar-refractivity contribution in [1.29, 1.82) is 0 Å². The van der Waals surface area contributed by atoms with Crippen molar-refractivity contribution in [3.63, 3.8) is 0 Å². The number of benzene rings is 3. The molecular weight excluding hydrogens is 811 g/mol. The van der Waals surface area contributed by atoms with E-state index in [-0.39, 0.29) is 29.7 Å². The van der Waals surface area contributed by atoms with Crippen LogP contribution in [-0.2, 0) is 30.1 Å². The Labute approximate surface area is 368 Å². The van der Waals surface area contributed by atoms with Gasteiger partial charge in [0.15, 0.2) is 0 Å². The molecule has 16 heteroatoms. The van der Waals surface area contributed by atoms with Gasteiger partial charge in [0.25, 0.3) is 0 Å². The fraction of sp³-hybridized carbons (Fsp3) is 0.292. The number of nitrogens with zero attached hydrogens (tertiary/aromatic N) is 10. The first kappa shape index (κ1) is 40.5. The van der Waals surface area contributed by atoms with Crippen LogP contribution in [0.15, 0.2) is 113 Å². The predicted molar refractivity (Wildman–Crippen MR) is 244 cm³/mol. The van der Waals surface area contributed by atoms with Gasteiger partial charge >= 0.3 is 17.4 Å². The Morgan fingerprint density at radius 3 is 2.22 bits per heavy atom. The molecule has 1 unspecified atom stereocenters. The van der Waals surface area contributed by atoms with Gasteiger partial charge < -0.3 is 4.90 Å². The minimum atomic E-state index is -0.724. The van der Waals surface area contributed by atoms with Crippen molar-refractivity contribution in [2.24, 2.45) is 14.1 Å². The average Bonchev–Trinajstić information content (AvgIpc) is 3.96. The lowest BCUT2D eigenvalue weighted by atomic mass is 9.87. The molecule has 3 aliphatic heterocycles. The molecule has 7 heterocycles. The summed E-state index contributed by atoms with van der Waals surface area (Å²) in [7, 11) is 3.35. The van der Waals surface area contributed by atoms with Crippen LogP contribution in [0.4, 0.5) is 22.0 Å². The van der Waals surface area contributed by atoms with Crippen LogP contribution in [0.2, 0.25) is 0 Å². The molecule has 3 aromatic carbocycles. The van der Waals surface area contributed by atoms with Crippen LogP contribution in [0.1, 0.15) is 55.7 Å². The maximum Gasteiger partial charge on any atom is 0.350 e. The minimum absolute atomic E-state index is 0.143. The molecule has 16 nitrogen and oxygen atoms in total. The molecular formula is C48H47N11O5. The van der Waals surface area contributed by atoms with Gasteiger partial charge in [-0.25, -0.2) is 28.6 Å². The van der Waals surface area contributed by atoms with Crippen molar-refractivity contribution in [3.05, 3.63) is 136 Å². The SMILES string of the molecule is CCc1c(-c2ccc(-n3cnn(C)c3=O)cc2-c2ccc(C3CCN(c4ccc5c(c4)n(C)c(=O)n5C4CCC(=O)NC4=O)CC3)cc2)ccnc1N1CCN(c2cccnc2)C1=O. The number of nitrogens with one attached hydrogen (secondary N) is 1. The van der Waals surface area contributed by atoms with E-state index in [1.54, 1.807) is 47.1 Å². The van der Waals surface area contributed by atoms with Crippen molar-refractivity contribution >= 4 is 46.1 Å². The average molecular weight is 858 g/mol. The molecule has 10 rings (SSSR count). The molecule has 3 aliphatic rings. The molecule has 1 atom stereocenters. The van der Waals surface area contributed by atoms with Crippen molar-refractivity contribution in [1.82, 2.24) is 38.8 Å². The van der Waals surface area contributed by atoms with Crippen LogP contribution in [0.5, 0.6) is 0 Å². The number of anilines is 3. The molecule has 0 aliphatic carbocycles. The standard InChI is InChI=1S/C48H47N11O5/c1-4-36-38(17-21-50-44(36)57-25-24-56(48(57)64)35-6-5-20-49-28-35)37-13-11-34(58-29-51-54(3)47(58)63)26-39(37)32-9-7-30(8-10-32)31-18-22-55(23-19-31)33-12-14-40-42(27-33)53(2)46(62)59(40)41-15-16-43(60)52-45(41)61/h5-14,17,20-21,26-29,31,41H,4,15-16,18-19,22-25H2,1-3H3,(H,52,60,61). The molecule has 3 fully saturated rings. The summed E-state index contributed by atoms with van der Waals surface area (Å²) < 4.78 is 5.94. The highest BCUT2D eigenvalue weighted by Gasteiger charge is 2.34. The number of rotatable bonds is 9. The van der Waals surface area contributed by atoms with Crippen LogP contribution < -0.4 is 31.4 Å². The number of imide groups is 1. The minimum Gasteiger partial charge on any atom is -0.371 e. The Morgan fingerprint density at radius 1 is 0.719 bits per heavy atom. The first-order valence-electron chi connectivity index (χ1n) is 21.7. The van der Waals surface area contributed by atoms with Gasteiger partial charge in [0.1, 0.15) is 18.2 Å². The van der Waals surface area contributed by atoms with E-state index >= 15 is 0 Å². The fourth-order valence-corrected chi connectivity index (χ4v) is 9.70. The Kier molecular flexibility index (Phi) is 10.3. The molecule has 0 saturated carbocycles. The van der Waals surface area contributed by atoms with E-state index in [1.165, 1.54) is 25.7 Å². The Hall–Kier alpha value is -7.62. The van der Waals surface area contributed by atoms with Crippen LogP contribution in [0.25, 0.3) is 39.0 Å². The molecule has 1 N–H and O–H groups in total. The summed E-state index contributed by atoms with van der Waals surface area (Å²) in [6, 6.07) is 25.5. The number of amides is 4. The van der Waals surface area contributed by atoms with E-state index in [0.717, 1.165) is 70.6 Å². The zero-order valence-electron chi connectivity index (χ0n) is 35.8. The van der Waals surface area contributed by atoms with Crippen LogP contribution in [-0.4, -0.2) is 77.5 Å². The number of piperidine rings is 2. The van der Waals surface area contributed by atoms with Crippen LogP contribution >= 0.6 is 0 Å². The quantitative estimate of drug-likeness (QED) is 0.179. The zero-order valence-corrected chi connectivity index (χ0v) is 35.8. The smallest absolute Gasteiger partial charge is 0.350 e. The highest BCUT2D eigenvalue weighted by Crippen LogP contribution is 2.40. The highest BCUT2D eigenvalue weighted by molar-refractivity contribution is 6.06. The van der Waals surface area contributed by atoms with Gasteiger partial charge in [0.2, 0.25) is 11.8 Å². The van der Waals surface area contributed by atoms with Crippen LogP contribution in [0.3, 0.4) is 0 Å². The second-order valence-corrected chi connectivity index (χ2v) is 16.7. The maximum atomic E-state index is 13.8. The lowest BCUT2D eigenvalue weighted by Gasteiger charge is -2.34. The molecule has 0 bridgehead atoms. The first-order chi connectivity index (χ1) is 31.1. The van der Waals surface area contributed by atoms with Crippen molar-refractivity contribution in [3.8, 4) is 27.9 Å². The maximum absolute atomic E-state index is 13.8. The topological polar surface area (TPSA) is 165 Å². The van der Waals surface area contributed by atoms with Gasteiger partial charge in [-0.05, 0) is 108 Å². The summed E-state index contributed by atoms with van der Waals surface area (Å²) in [4.78, 5) is 79.6. The summed E-state index contributed by atoms with van der Waals surface area (Å²) in [5.74, 6) is 0.209. The number of hydrogen-bond donors (Lipinski definition) is 1. The third-order valence-electron chi connectivity index (χ3n) is 13.2. The molecule has 0 spiro atoms. The Bertz CT molecular complexity index is 3090. The second kappa shape index (κ2) is 16.3. The third kappa shape index (κ3) is 6.94. The van der Waals surface area contributed by atoms with Gasteiger partial charge in [0.05, 0.1) is 28.6 Å². The number of pyridine rings is 2. The molecule has 64 heavy (non-hydrogen) atoms. The zero-order chi connectivity index (χ0) is 44.2. The summed E-state index contributed by atoms with van der Waals surface area (Å²) in [5.41, 5.74) is 9.37. The molecule has 324 valence electrons. The lowest BCUT2D eigenvalue weighted by molar-refractivity contribution is -0.135. The van der Waals surface area contributed by atoms with E-state index in [2.05, 4.69) is 51.5 Å². The molecule has 4 aromatic heterocycles. The van der Waals surface area contributed by atoms with Crippen LogP contribution in [0, 0.1) is 0 Å². The summed E-state index contributed by atoms with van der Waals surface area (Å²) >= 11 is 0. The summed E-state index contributed by atoms with van der Waals surface area (Å²) in [6.07, 6.45) is 9.68. The molecule has 7 aromatic rings. The van der Waals surface area contributed by atoms with Gasteiger partial charge in [-0.1, -0.05) is 37.3 Å². The number of hydrogen-bond acceptors (Lipinski definition) is 9. The molecule has 0 radical (unpaired) electrons. The number of carbonyl (C=O) groups excluding carboxylic acids is 3. The predicted octanol–water partition coefficient (Wildman–Crippen LogP) is 5.72. The van der Waals surface area contributed by atoms with E-state index in [9.17, 15) is 24.0 Å². The van der Waals surface area contributed by atoms with E-state index in [4.69, 9.17) is 4.98 Å². The van der Waals surface area contributed by atoms with Gasteiger partial charge in [0, 0.05) is 70.3 Å². The number of imidazole rings is 1. The Morgan fingerprint density at radius 2 is 1.50 bits per heavy atom. The number of aromatic nitrogens is 7. The van der Waals surface area contributed by atoms with Gasteiger partial charge in [-0.3, -0.25) is 38.8 Å². The number of urea groups is 1. The number of fused-ring (bicyclic) bond motifs is 1. The highest BCUT2D eigenvalue weighted by atomic mass is 16.2. The molecule has 4 amide bonds. The monoisotopic (exact) mass is 857 g/mol. The second-order valence-electron chi connectivity index (χ2n) is 16.7. The van der Waals surface area contributed by atoms with E-state index < -0.39 is 11.9 Å². The molecule has 3 saturated heterocycles. The largest absolute Gasteiger partial charge is 0.371 e. The van der Waals surface area contributed by atoms with E-state index in [1.807, 2.05) is 54.6 Å². The third-order valence-corrected chi connectivity index (χ3v) is 13.2. The van der Waals surface area contributed by atoms with E-state index in [0.29, 0.717) is 48.9 Å². The van der Waals surface area contributed by atoms with Crippen molar-refractivity contribution < 1.29 is 14.4 Å². The van der Waals surface area contributed by atoms with Crippen molar-refractivity contribution in [2.75, 3.05) is 40.9 Å². The fourth-order valence-electron chi connectivity index (χ4n) is 9.70. The van der Waals surface area contributed by atoms with Gasteiger partial charge in [-0.15, -0.1) is 0 Å². The number of carbonyl (C=O) groups is 3. The van der Waals surface area contributed by atoms with Crippen molar-refractivity contribution in [2.45, 2.75) is 51.0 Å². The normalized spacial score (nSPS) is 17.2. The first-order valence-corrected chi connectivity index (χ1v) is 21.7. The summed E-state index contributed by atoms with van der Waals surface area (Å²) in [6.45, 7) is 4.74.